The third-order valence-corrected chi connectivity index (χ3v) is 3.63. The Kier molecular flexibility index (Phi) is 4.61. The highest BCUT2D eigenvalue weighted by molar-refractivity contribution is 5.79. The topological polar surface area (TPSA) is 60.9 Å². The van der Waals surface area contributed by atoms with E-state index in [0.29, 0.717) is 31.7 Å². The maximum atomic E-state index is 12.3. The molecule has 1 N–H and O–H groups in total. The molecule has 1 fully saturated rings. The van der Waals surface area contributed by atoms with Crippen molar-refractivity contribution in [2.24, 2.45) is 0 Å². The highest BCUT2D eigenvalue weighted by Gasteiger charge is 2.20. The maximum Gasteiger partial charge on any atom is 0.227 e. The van der Waals surface area contributed by atoms with Crippen molar-refractivity contribution in [2.75, 3.05) is 26.2 Å². The lowest BCUT2D eigenvalue weighted by atomic mass is 10.1. The van der Waals surface area contributed by atoms with Crippen LogP contribution in [0.5, 0.6) is 5.75 Å². The zero-order chi connectivity index (χ0) is 14.5. The van der Waals surface area contributed by atoms with E-state index in [-0.39, 0.29) is 24.0 Å². The summed E-state index contributed by atoms with van der Waals surface area (Å²) in [5, 5.41) is 9.70. The van der Waals surface area contributed by atoms with Gasteiger partial charge in [-0.2, -0.15) is 0 Å². The van der Waals surface area contributed by atoms with Gasteiger partial charge in [0.25, 0.3) is 0 Å². The molecule has 20 heavy (non-hydrogen) atoms. The summed E-state index contributed by atoms with van der Waals surface area (Å²) in [6.45, 7) is 4.07. The van der Waals surface area contributed by atoms with Crippen molar-refractivity contribution in [2.45, 2.75) is 19.8 Å². The second kappa shape index (κ2) is 6.41. The molecular weight excluding hydrogens is 256 g/mol. The lowest BCUT2D eigenvalue weighted by molar-refractivity contribution is -0.132. The number of para-hydroxylation sites is 1. The molecule has 5 heteroatoms. The molecular formula is C15H20N2O3. The normalized spacial score (nSPS) is 15.8. The number of nitrogens with zero attached hydrogens (tertiary/aromatic N) is 2. The average Bonchev–Trinajstić information content (AvgIpc) is 2.67. The Morgan fingerprint density at radius 3 is 2.45 bits per heavy atom. The number of hydrogen-bond donors (Lipinski definition) is 1. The van der Waals surface area contributed by atoms with Crippen molar-refractivity contribution < 1.29 is 14.7 Å². The Balaban J connectivity index is 1.96. The summed E-state index contributed by atoms with van der Waals surface area (Å²) < 4.78 is 0. The van der Waals surface area contributed by atoms with Crippen LogP contribution in [-0.4, -0.2) is 52.9 Å². The predicted molar refractivity (Wildman–Crippen MR) is 75.3 cm³/mol. The number of carbonyl (C=O) groups excluding carboxylic acids is 2. The molecule has 0 aliphatic carbocycles. The van der Waals surface area contributed by atoms with E-state index in [4.69, 9.17) is 0 Å². The van der Waals surface area contributed by atoms with Gasteiger partial charge >= 0.3 is 0 Å². The Morgan fingerprint density at radius 2 is 1.75 bits per heavy atom. The summed E-state index contributed by atoms with van der Waals surface area (Å²) in [4.78, 5) is 27.2. The molecule has 0 bridgehead atoms. The molecule has 2 amide bonds. The van der Waals surface area contributed by atoms with Gasteiger partial charge in [0.2, 0.25) is 11.8 Å². The van der Waals surface area contributed by atoms with E-state index in [9.17, 15) is 14.7 Å². The highest BCUT2D eigenvalue weighted by Crippen LogP contribution is 2.17. The lowest BCUT2D eigenvalue weighted by Gasteiger charge is -2.21. The van der Waals surface area contributed by atoms with Gasteiger partial charge in [-0.1, -0.05) is 18.2 Å². The van der Waals surface area contributed by atoms with E-state index in [0.717, 1.165) is 6.42 Å². The molecule has 0 saturated carbocycles. The van der Waals surface area contributed by atoms with Gasteiger partial charge in [0.15, 0.2) is 0 Å². The molecule has 0 unspecified atom stereocenters. The molecule has 0 radical (unpaired) electrons. The van der Waals surface area contributed by atoms with Crippen molar-refractivity contribution >= 4 is 11.8 Å². The van der Waals surface area contributed by atoms with Crippen LogP contribution in [0.3, 0.4) is 0 Å². The predicted octanol–water partition coefficient (Wildman–Crippen LogP) is 1.02. The Bertz CT molecular complexity index is 502. The first-order valence-corrected chi connectivity index (χ1v) is 6.88. The zero-order valence-corrected chi connectivity index (χ0v) is 11.7. The molecule has 1 aromatic carbocycles. The number of carbonyl (C=O) groups is 2. The first-order chi connectivity index (χ1) is 9.58. The van der Waals surface area contributed by atoms with Gasteiger partial charge in [-0.05, 0) is 12.5 Å². The number of hydrogen-bond acceptors (Lipinski definition) is 3. The van der Waals surface area contributed by atoms with E-state index in [1.807, 2.05) is 6.07 Å². The minimum absolute atomic E-state index is 0.00287. The maximum absolute atomic E-state index is 12.3. The van der Waals surface area contributed by atoms with Crippen molar-refractivity contribution in [3.05, 3.63) is 29.8 Å². The number of aromatic hydroxyl groups is 1. The van der Waals surface area contributed by atoms with Crippen LogP contribution < -0.4 is 0 Å². The Hall–Kier alpha value is -2.04. The van der Waals surface area contributed by atoms with Crippen molar-refractivity contribution in [1.82, 2.24) is 9.80 Å². The van der Waals surface area contributed by atoms with Crippen LogP contribution in [0.1, 0.15) is 18.9 Å². The Morgan fingerprint density at radius 1 is 1.10 bits per heavy atom. The first kappa shape index (κ1) is 14.4. The van der Waals surface area contributed by atoms with Gasteiger partial charge in [-0.15, -0.1) is 0 Å². The van der Waals surface area contributed by atoms with Crippen molar-refractivity contribution in [3.8, 4) is 5.75 Å². The van der Waals surface area contributed by atoms with Gasteiger partial charge < -0.3 is 14.9 Å². The summed E-state index contributed by atoms with van der Waals surface area (Å²) in [5.41, 5.74) is 0.644. The smallest absolute Gasteiger partial charge is 0.227 e. The van der Waals surface area contributed by atoms with E-state index in [2.05, 4.69) is 0 Å². The lowest BCUT2D eigenvalue weighted by Crippen LogP contribution is -2.37. The molecule has 0 spiro atoms. The minimum atomic E-state index is -0.00287. The monoisotopic (exact) mass is 276 g/mol. The molecule has 1 aliphatic rings. The molecule has 1 heterocycles. The fourth-order valence-electron chi connectivity index (χ4n) is 2.42. The summed E-state index contributed by atoms with van der Waals surface area (Å²) >= 11 is 0. The van der Waals surface area contributed by atoms with E-state index in [1.165, 1.54) is 0 Å². The molecule has 5 nitrogen and oxygen atoms in total. The van der Waals surface area contributed by atoms with Crippen LogP contribution in [0.2, 0.25) is 0 Å². The zero-order valence-electron chi connectivity index (χ0n) is 11.7. The SMILES string of the molecule is CC(=O)N1CCCN(C(=O)Cc2ccccc2O)CC1. The molecule has 1 saturated heterocycles. The van der Waals surface area contributed by atoms with Gasteiger partial charge in [0.1, 0.15) is 5.75 Å². The van der Waals surface area contributed by atoms with Crippen molar-refractivity contribution in [1.29, 1.82) is 0 Å². The second-order valence-electron chi connectivity index (χ2n) is 5.05. The summed E-state index contributed by atoms with van der Waals surface area (Å²) in [6, 6.07) is 6.89. The third-order valence-electron chi connectivity index (χ3n) is 3.63. The molecule has 0 aromatic heterocycles. The highest BCUT2D eigenvalue weighted by atomic mass is 16.3. The molecule has 2 rings (SSSR count). The number of benzene rings is 1. The first-order valence-electron chi connectivity index (χ1n) is 6.88. The Labute approximate surface area is 118 Å². The molecule has 108 valence electrons. The van der Waals surface area contributed by atoms with Crippen molar-refractivity contribution in [3.63, 3.8) is 0 Å². The van der Waals surface area contributed by atoms with Gasteiger partial charge in [-0.25, -0.2) is 0 Å². The van der Waals surface area contributed by atoms with Crippen LogP contribution in [0.15, 0.2) is 24.3 Å². The van der Waals surface area contributed by atoms with E-state index >= 15 is 0 Å². The number of phenols is 1. The third kappa shape index (κ3) is 3.50. The molecule has 1 aliphatic heterocycles. The second-order valence-corrected chi connectivity index (χ2v) is 5.05. The van der Waals surface area contributed by atoms with Crippen LogP contribution in [0.25, 0.3) is 0 Å². The standard InChI is InChI=1S/C15H20N2O3/c1-12(18)16-7-4-8-17(10-9-16)15(20)11-13-5-2-3-6-14(13)19/h2-3,5-6,19H,4,7-11H2,1H3. The van der Waals surface area contributed by atoms with Crippen LogP contribution in [0, 0.1) is 0 Å². The number of phenolic OH excluding ortho intramolecular Hbond substituents is 1. The van der Waals surface area contributed by atoms with Crippen LogP contribution >= 0.6 is 0 Å². The summed E-state index contributed by atoms with van der Waals surface area (Å²) in [6.07, 6.45) is 0.999. The van der Waals surface area contributed by atoms with E-state index in [1.54, 1.807) is 34.9 Å². The molecule has 0 atom stereocenters. The fourth-order valence-corrected chi connectivity index (χ4v) is 2.42. The number of amides is 2. The number of rotatable bonds is 2. The van der Waals surface area contributed by atoms with Crippen LogP contribution in [0.4, 0.5) is 0 Å². The quantitative estimate of drug-likeness (QED) is 0.877. The molecule has 1 aromatic rings. The van der Waals surface area contributed by atoms with Gasteiger partial charge in [-0.3, -0.25) is 9.59 Å². The fraction of sp³-hybridized carbons (Fsp3) is 0.467. The summed E-state index contributed by atoms with van der Waals surface area (Å²) in [7, 11) is 0. The largest absolute Gasteiger partial charge is 0.508 e. The van der Waals surface area contributed by atoms with Gasteiger partial charge in [0, 0.05) is 38.7 Å². The van der Waals surface area contributed by atoms with Gasteiger partial charge in [0.05, 0.1) is 6.42 Å². The van der Waals surface area contributed by atoms with Crippen LogP contribution in [-0.2, 0) is 16.0 Å². The average molecular weight is 276 g/mol. The summed E-state index contributed by atoms with van der Waals surface area (Å²) in [5.74, 6) is 0.206. The minimum Gasteiger partial charge on any atom is -0.508 e. The van der Waals surface area contributed by atoms with E-state index < -0.39 is 0 Å².